The number of rotatable bonds is 5. The van der Waals surface area contributed by atoms with Gasteiger partial charge in [-0.15, -0.1) is 0 Å². The second-order valence-electron chi connectivity index (χ2n) is 5.39. The molecule has 0 heterocycles. The summed E-state index contributed by atoms with van der Waals surface area (Å²) in [4.78, 5) is 22.6. The predicted octanol–water partition coefficient (Wildman–Crippen LogP) is 3.37. The van der Waals surface area contributed by atoms with Gasteiger partial charge in [-0.2, -0.15) is 0 Å². The van der Waals surface area contributed by atoms with Crippen LogP contribution in [0.5, 0.6) is 0 Å². The molecule has 0 N–H and O–H groups in total. The van der Waals surface area contributed by atoms with E-state index < -0.39 is 20.9 Å². The molecule has 2 rings (SSSR count). The van der Waals surface area contributed by atoms with Gasteiger partial charge in [0.15, 0.2) is 0 Å². The fourth-order valence-corrected chi connectivity index (χ4v) is 2.65. The summed E-state index contributed by atoms with van der Waals surface area (Å²) in [6.45, 7) is 2.61. The maximum absolute atomic E-state index is 11.8. The fraction of sp³-hybridized carbons (Fsp3) is 0.250. The second kappa shape index (κ2) is 5.55. The molecule has 0 fully saturated rings. The van der Waals surface area contributed by atoms with Crippen molar-refractivity contribution in [1.82, 2.24) is 0 Å². The molecule has 2 atom stereocenters. The lowest BCUT2D eigenvalue weighted by Gasteiger charge is -2.32. The first-order chi connectivity index (χ1) is 10.3. The first-order valence-electron chi connectivity index (χ1n) is 6.75. The largest absolute Gasteiger partial charge is 0.316 e. The van der Waals surface area contributed by atoms with E-state index >= 15 is 0 Å². The van der Waals surface area contributed by atoms with E-state index in [4.69, 9.17) is 0 Å². The maximum atomic E-state index is 11.8. The minimum absolute atomic E-state index is 0.294. The molecular weight excluding hydrogens is 284 g/mol. The van der Waals surface area contributed by atoms with E-state index in [9.17, 15) is 20.2 Å². The summed E-state index contributed by atoms with van der Waals surface area (Å²) in [5.74, 6) is 0. The van der Waals surface area contributed by atoms with Gasteiger partial charge in [-0.1, -0.05) is 60.7 Å². The Morgan fingerprint density at radius 1 is 0.682 bits per heavy atom. The summed E-state index contributed by atoms with van der Waals surface area (Å²) in [5, 5.41) is 23.7. The van der Waals surface area contributed by atoms with E-state index in [0.717, 1.165) is 0 Å². The van der Waals surface area contributed by atoms with Gasteiger partial charge in [0.25, 0.3) is 0 Å². The lowest BCUT2D eigenvalue weighted by molar-refractivity contribution is -0.696. The Balaban J connectivity index is 2.78. The molecule has 0 aliphatic heterocycles. The second-order valence-corrected chi connectivity index (χ2v) is 5.39. The van der Waals surface area contributed by atoms with Crippen LogP contribution in [0.1, 0.15) is 25.0 Å². The van der Waals surface area contributed by atoms with E-state index in [2.05, 4.69) is 0 Å². The average Bonchev–Trinajstić information content (AvgIpc) is 2.54. The van der Waals surface area contributed by atoms with Crippen LogP contribution in [0.25, 0.3) is 0 Å². The van der Waals surface area contributed by atoms with Crippen molar-refractivity contribution >= 4 is 0 Å². The molecular formula is C16H16N2O4. The van der Waals surface area contributed by atoms with E-state index in [-0.39, 0.29) is 0 Å². The van der Waals surface area contributed by atoms with Gasteiger partial charge >= 0.3 is 11.1 Å². The monoisotopic (exact) mass is 300 g/mol. The van der Waals surface area contributed by atoms with Crippen LogP contribution in [0, 0.1) is 20.2 Å². The molecule has 0 saturated carbocycles. The molecule has 0 aliphatic carbocycles. The normalized spacial score (nSPS) is 16.3. The Morgan fingerprint density at radius 3 is 1.18 bits per heavy atom. The van der Waals surface area contributed by atoms with E-state index in [1.807, 2.05) is 0 Å². The van der Waals surface area contributed by atoms with Gasteiger partial charge < -0.3 is 0 Å². The van der Waals surface area contributed by atoms with Crippen LogP contribution in [-0.2, 0) is 11.1 Å². The van der Waals surface area contributed by atoms with Gasteiger partial charge in [-0.05, 0) is 0 Å². The molecule has 0 amide bonds. The Kier molecular flexibility index (Phi) is 3.95. The molecule has 0 saturated heterocycles. The Morgan fingerprint density at radius 2 is 0.955 bits per heavy atom. The fourth-order valence-electron chi connectivity index (χ4n) is 2.65. The summed E-state index contributed by atoms with van der Waals surface area (Å²) in [7, 11) is 0. The van der Waals surface area contributed by atoms with Gasteiger partial charge in [0, 0.05) is 34.8 Å². The number of nitrogens with zero attached hydrogens (tertiary/aromatic N) is 2. The van der Waals surface area contributed by atoms with Gasteiger partial charge in [-0.3, -0.25) is 20.2 Å². The predicted molar refractivity (Wildman–Crippen MR) is 81.6 cm³/mol. The zero-order valence-electron chi connectivity index (χ0n) is 12.3. The molecule has 114 valence electrons. The van der Waals surface area contributed by atoms with E-state index in [0.29, 0.717) is 11.1 Å². The van der Waals surface area contributed by atoms with Crippen molar-refractivity contribution in [1.29, 1.82) is 0 Å². The highest BCUT2D eigenvalue weighted by molar-refractivity contribution is 5.32. The topological polar surface area (TPSA) is 86.3 Å². The molecule has 0 radical (unpaired) electrons. The third-order valence-electron chi connectivity index (χ3n) is 4.35. The van der Waals surface area contributed by atoms with Crippen LogP contribution in [0.3, 0.4) is 0 Å². The van der Waals surface area contributed by atoms with Crippen LogP contribution >= 0.6 is 0 Å². The lowest BCUT2D eigenvalue weighted by atomic mass is 9.71. The van der Waals surface area contributed by atoms with Crippen LogP contribution in [-0.4, -0.2) is 9.85 Å². The minimum Gasteiger partial charge on any atom is -0.263 e. The van der Waals surface area contributed by atoms with Gasteiger partial charge in [0.2, 0.25) is 0 Å². The Labute approximate surface area is 127 Å². The Hall–Kier alpha value is -2.76. The highest BCUT2D eigenvalue weighted by Crippen LogP contribution is 2.44. The summed E-state index contributed by atoms with van der Waals surface area (Å²) in [6.07, 6.45) is 0. The van der Waals surface area contributed by atoms with Crippen LogP contribution in [0.4, 0.5) is 0 Å². The standard InChI is InChI=1S/C16H16N2O4/c1-15(17(19)20,13-9-5-3-6-10-13)16(2,18(21)22)14-11-7-4-8-12-14/h3-12H,1-2H3/t15-,16-/m1/s1. The molecule has 0 bridgehead atoms. The van der Waals surface area contributed by atoms with E-state index in [1.165, 1.54) is 13.8 Å². The molecule has 0 spiro atoms. The van der Waals surface area contributed by atoms with Gasteiger partial charge in [0.1, 0.15) is 0 Å². The SMILES string of the molecule is C[C@](c1ccccc1)([N+](=O)[O-])[C@@](C)(c1ccccc1)[N+](=O)[O-]. The maximum Gasteiger partial charge on any atom is 0.316 e. The quantitative estimate of drug-likeness (QED) is 0.625. The molecule has 0 aliphatic rings. The smallest absolute Gasteiger partial charge is 0.263 e. The number of hydrogen-bond acceptors (Lipinski definition) is 4. The van der Waals surface area contributed by atoms with Crippen LogP contribution < -0.4 is 0 Å². The molecule has 2 aromatic carbocycles. The van der Waals surface area contributed by atoms with Crippen molar-refractivity contribution in [3.8, 4) is 0 Å². The summed E-state index contributed by atoms with van der Waals surface area (Å²) < 4.78 is 0. The average molecular weight is 300 g/mol. The third kappa shape index (κ3) is 2.13. The molecule has 2 aromatic rings. The van der Waals surface area contributed by atoms with Crippen molar-refractivity contribution in [2.45, 2.75) is 24.9 Å². The number of nitro groups is 2. The highest BCUT2D eigenvalue weighted by Gasteiger charge is 2.66. The van der Waals surface area contributed by atoms with E-state index in [1.54, 1.807) is 60.7 Å². The third-order valence-corrected chi connectivity index (χ3v) is 4.35. The minimum atomic E-state index is -1.90. The number of benzene rings is 2. The summed E-state index contributed by atoms with van der Waals surface area (Å²) in [5.41, 5.74) is -3.22. The molecule has 0 unspecified atom stereocenters. The van der Waals surface area contributed by atoms with Crippen molar-refractivity contribution < 1.29 is 9.85 Å². The zero-order valence-corrected chi connectivity index (χ0v) is 12.3. The highest BCUT2D eigenvalue weighted by atomic mass is 16.6. The molecule has 0 aromatic heterocycles. The number of hydrogen-bond donors (Lipinski definition) is 0. The van der Waals surface area contributed by atoms with Crippen molar-refractivity contribution in [2.24, 2.45) is 0 Å². The summed E-state index contributed by atoms with van der Waals surface area (Å²) in [6, 6.07) is 16.2. The van der Waals surface area contributed by atoms with Gasteiger partial charge in [-0.25, -0.2) is 0 Å². The first kappa shape index (κ1) is 15.6. The molecule has 6 heteroatoms. The molecule has 22 heavy (non-hydrogen) atoms. The van der Waals surface area contributed by atoms with Crippen molar-refractivity contribution in [2.75, 3.05) is 0 Å². The first-order valence-corrected chi connectivity index (χ1v) is 6.75. The van der Waals surface area contributed by atoms with Gasteiger partial charge in [0.05, 0.1) is 0 Å². The van der Waals surface area contributed by atoms with Crippen LogP contribution in [0.2, 0.25) is 0 Å². The van der Waals surface area contributed by atoms with Crippen molar-refractivity contribution in [3.63, 3.8) is 0 Å². The van der Waals surface area contributed by atoms with Crippen molar-refractivity contribution in [3.05, 3.63) is 92.0 Å². The van der Waals surface area contributed by atoms with Crippen LogP contribution in [0.15, 0.2) is 60.7 Å². The Bertz CT molecular complexity index is 628. The summed E-state index contributed by atoms with van der Waals surface area (Å²) >= 11 is 0. The molecule has 6 nitrogen and oxygen atoms in total. The zero-order chi connectivity index (χ0) is 16.4. The lowest BCUT2D eigenvalue weighted by Crippen LogP contribution is -2.55.